The molecule has 0 atom stereocenters. The number of hydrazone groups is 1. The van der Waals surface area contributed by atoms with Crippen LogP contribution in [0.15, 0.2) is 46.0 Å². The number of unbranched alkanes of at least 4 members (excludes halogenated alkanes) is 1. The quantitative estimate of drug-likeness (QED) is 0.261. The molecule has 2 aromatic rings. The number of hydrogen-bond acceptors (Lipinski definition) is 4. The van der Waals surface area contributed by atoms with Crippen LogP contribution in [0.2, 0.25) is 5.02 Å². The molecule has 0 radical (unpaired) electrons. The molecule has 0 unspecified atom stereocenters. The van der Waals surface area contributed by atoms with Gasteiger partial charge < -0.3 is 10.1 Å². The Balaban J connectivity index is 1.82. The van der Waals surface area contributed by atoms with Crippen LogP contribution in [0.25, 0.3) is 0 Å². The van der Waals surface area contributed by atoms with E-state index in [4.69, 9.17) is 16.3 Å². The summed E-state index contributed by atoms with van der Waals surface area (Å²) >= 11 is 9.46. The minimum absolute atomic E-state index is 0.0150. The lowest BCUT2D eigenvalue weighted by Crippen LogP contribution is -2.20. The van der Waals surface area contributed by atoms with Crippen LogP contribution in [0, 0.1) is 6.92 Å². The molecule has 0 heterocycles. The number of ether oxygens (including phenoxy) is 1. The fraction of sp³-hybridized carbons (Fsp3) is 0.318. The molecule has 2 rings (SSSR count). The normalized spacial score (nSPS) is 10.8. The summed E-state index contributed by atoms with van der Waals surface area (Å²) in [7, 11) is 0. The highest BCUT2D eigenvalue weighted by Crippen LogP contribution is 2.22. The molecule has 0 saturated heterocycles. The molecule has 8 heteroatoms. The van der Waals surface area contributed by atoms with E-state index in [2.05, 4.69) is 38.7 Å². The third kappa shape index (κ3) is 8.16. The summed E-state index contributed by atoms with van der Waals surface area (Å²) in [4.78, 5) is 24.0. The Hall–Kier alpha value is -2.38. The molecular formula is C22H25BrClN3O3. The molecule has 0 aliphatic heterocycles. The van der Waals surface area contributed by atoms with Gasteiger partial charge >= 0.3 is 0 Å². The van der Waals surface area contributed by atoms with Crippen molar-refractivity contribution >= 4 is 51.2 Å². The van der Waals surface area contributed by atoms with Crippen LogP contribution in [0.5, 0.6) is 5.75 Å². The molecule has 2 N–H and O–H groups in total. The third-order valence-electron chi connectivity index (χ3n) is 4.15. The van der Waals surface area contributed by atoms with Crippen molar-refractivity contribution in [2.75, 3.05) is 11.9 Å². The number of halogens is 2. The van der Waals surface area contributed by atoms with Gasteiger partial charge in [-0.15, -0.1) is 0 Å². The van der Waals surface area contributed by atoms with E-state index in [1.807, 2.05) is 31.2 Å². The fourth-order valence-corrected chi connectivity index (χ4v) is 2.99. The highest BCUT2D eigenvalue weighted by molar-refractivity contribution is 9.10. The lowest BCUT2D eigenvalue weighted by atomic mass is 10.2. The number of amides is 2. The van der Waals surface area contributed by atoms with Gasteiger partial charge in [-0.1, -0.05) is 46.9 Å². The van der Waals surface area contributed by atoms with Crippen molar-refractivity contribution < 1.29 is 14.3 Å². The van der Waals surface area contributed by atoms with E-state index in [1.165, 1.54) is 6.21 Å². The van der Waals surface area contributed by atoms with Gasteiger partial charge in [-0.2, -0.15) is 5.10 Å². The van der Waals surface area contributed by atoms with E-state index in [0.717, 1.165) is 28.4 Å². The molecule has 0 aliphatic rings. The van der Waals surface area contributed by atoms with Crippen LogP contribution in [-0.2, 0) is 9.59 Å². The Morgan fingerprint density at radius 3 is 2.67 bits per heavy atom. The molecule has 2 aromatic carbocycles. The van der Waals surface area contributed by atoms with Gasteiger partial charge in [0.25, 0.3) is 0 Å². The fourth-order valence-electron chi connectivity index (χ4n) is 2.43. The van der Waals surface area contributed by atoms with Gasteiger partial charge in [0.1, 0.15) is 5.75 Å². The maximum atomic E-state index is 12.0. The highest BCUT2D eigenvalue weighted by atomic mass is 79.9. The standard InChI is InChI=1S/C22H25BrClN3O3/c1-3-4-11-30-20-8-6-17(23)12-16(20)14-25-27-22(29)10-9-21(28)26-18-7-5-15(2)19(24)13-18/h5-8,12-14H,3-4,9-11H2,1-2H3,(H,26,28)(H,27,29). The Kier molecular flexibility index (Phi) is 9.83. The molecule has 0 aliphatic carbocycles. The third-order valence-corrected chi connectivity index (χ3v) is 5.06. The van der Waals surface area contributed by atoms with E-state index in [-0.39, 0.29) is 24.7 Å². The Morgan fingerprint density at radius 1 is 1.17 bits per heavy atom. The first-order chi connectivity index (χ1) is 14.4. The van der Waals surface area contributed by atoms with Crippen molar-refractivity contribution in [3.05, 3.63) is 57.0 Å². The SMILES string of the molecule is CCCCOc1ccc(Br)cc1C=NNC(=O)CCC(=O)Nc1ccc(C)c(Cl)c1. The average Bonchev–Trinajstić information content (AvgIpc) is 2.71. The van der Waals surface area contributed by atoms with E-state index in [9.17, 15) is 9.59 Å². The Labute approximate surface area is 190 Å². The van der Waals surface area contributed by atoms with Crippen LogP contribution in [0.3, 0.4) is 0 Å². The molecule has 2 amide bonds. The van der Waals surface area contributed by atoms with Gasteiger partial charge in [-0.05, 0) is 49.2 Å². The van der Waals surface area contributed by atoms with Crippen LogP contribution in [0.1, 0.15) is 43.7 Å². The largest absolute Gasteiger partial charge is 0.493 e. The minimum atomic E-state index is -0.355. The van der Waals surface area contributed by atoms with Gasteiger partial charge in [-0.3, -0.25) is 9.59 Å². The van der Waals surface area contributed by atoms with Crippen molar-refractivity contribution in [3.8, 4) is 5.75 Å². The zero-order valence-electron chi connectivity index (χ0n) is 17.0. The molecule has 0 fully saturated rings. The van der Waals surface area contributed by atoms with Crippen LogP contribution in [0.4, 0.5) is 5.69 Å². The summed E-state index contributed by atoms with van der Waals surface area (Å²) in [6, 6.07) is 10.9. The maximum absolute atomic E-state index is 12.0. The number of anilines is 1. The Bertz CT molecular complexity index is 918. The van der Waals surface area contributed by atoms with Crippen molar-refractivity contribution in [2.24, 2.45) is 5.10 Å². The summed E-state index contributed by atoms with van der Waals surface area (Å²) in [5, 5.41) is 7.28. The van der Waals surface area contributed by atoms with E-state index in [0.29, 0.717) is 23.1 Å². The van der Waals surface area contributed by atoms with E-state index < -0.39 is 0 Å². The van der Waals surface area contributed by atoms with Gasteiger partial charge in [0, 0.05) is 33.6 Å². The summed E-state index contributed by atoms with van der Waals surface area (Å²) in [5.74, 6) is 0.0696. The van der Waals surface area contributed by atoms with Crippen molar-refractivity contribution in [1.82, 2.24) is 5.43 Å². The van der Waals surface area contributed by atoms with E-state index in [1.54, 1.807) is 12.1 Å². The number of carbonyl (C=O) groups is 2. The topological polar surface area (TPSA) is 79.8 Å². The Morgan fingerprint density at radius 2 is 1.93 bits per heavy atom. The maximum Gasteiger partial charge on any atom is 0.240 e. The number of aryl methyl sites for hydroxylation is 1. The van der Waals surface area contributed by atoms with Gasteiger partial charge in [0.15, 0.2) is 0 Å². The number of hydrogen-bond donors (Lipinski definition) is 2. The molecule has 6 nitrogen and oxygen atoms in total. The first kappa shape index (κ1) is 23.9. The van der Waals surface area contributed by atoms with Crippen LogP contribution >= 0.6 is 27.5 Å². The smallest absolute Gasteiger partial charge is 0.240 e. The predicted molar refractivity (Wildman–Crippen MR) is 124 cm³/mol. The predicted octanol–water partition coefficient (Wildman–Crippen LogP) is 5.46. The number of nitrogens with zero attached hydrogens (tertiary/aromatic N) is 1. The zero-order chi connectivity index (χ0) is 21.9. The molecule has 160 valence electrons. The number of carbonyl (C=O) groups excluding carboxylic acids is 2. The number of nitrogens with one attached hydrogen (secondary N) is 2. The minimum Gasteiger partial charge on any atom is -0.493 e. The molecular weight excluding hydrogens is 470 g/mol. The second-order valence-electron chi connectivity index (χ2n) is 6.69. The molecule has 0 aromatic heterocycles. The first-order valence-corrected chi connectivity index (χ1v) is 10.9. The highest BCUT2D eigenvalue weighted by Gasteiger charge is 2.08. The summed E-state index contributed by atoms with van der Waals surface area (Å²) < 4.78 is 6.63. The molecule has 30 heavy (non-hydrogen) atoms. The van der Waals surface area contributed by atoms with Crippen LogP contribution in [-0.4, -0.2) is 24.6 Å². The van der Waals surface area contributed by atoms with E-state index >= 15 is 0 Å². The van der Waals surface area contributed by atoms with Crippen molar-refractivity contribution in [1.29, 1.82) is 0 Å². The number of benzene rings is 2. The van der Waals surface area contributed by atoms with Gasteiger partial charge in [-0.25, -0.2) is 5.43 Å². The summed E-state index contributed by atoms with van der Waals surface area (Å²) in [6.45, 7) is 4.60. The molecule has 0 saturated carbocycles. The summed E-state index contributed by atoms with van der Waals surface area (Å²) in [6.07, 6.45) is 3.58. The zero-order valence-corrected chi connectivity index (χ0v) is 19.3. The monoisotopic (exact) mass is 493 g/mol. The molecule has 0 spiro atoms. The first-order valence-electron chi connectivity index (χ1n) is 9.69. The van der Waals surface area contributed by atoms with Crippen LogP contribution < -0.4 is 15.5 Å². The van der Waals surface area contributed by atoms with Gasteiger partial charge in [0.05, 0.1) is 12.8 Å². The van der Waals surface area contributed by atoms with Crippen molar-refractivity contribution in [2.45, 2.75) is 39.5 Å². The second kappa shape index (κ2) is 12.3. The lowest BCUT2D eigenvalue weighted by molar-refractivity contribution is -0.124. The van der Waals surface area contributed by atoms with Crippen molar-refractivity contribution in [3.63, 3.8) is 0 Å². The molecule has 0 bridgehead atoms. The number of rotatable bonds is 10. The van der Waals surface area contributed by atoms with Gasteiger partial charge in [0.2, 0.25) is 11.8 Å². The second-order valence-corrected chi connectivity index (χ2v) is 8.01. The average molecular weight is 495 g/mol. The summed E-state index contributed by atoms with van der Waals surface area (Å²) in [5.41, 5.74) is 4.71. The lowest BCUT2D eigenvalue weighted by Gasteiger charge is -2.09.